The lowest BCUT2D eigenvalue weighted by Gasteiger charge is -2.11. The van der Waals surface area contributed by atoms with Gasteiger partial charge in [0.15, 0.2) is 0 Å². The van der Waals surface area contributed by atoms with E-state index >= 15 is 0 Å². The second-order valence-electron chi connectivity index (χ2n) is 6.07. The largest absolute Gasteiger partial charge is 0.488 e. The molecule has 29 heavy (non-hydrogen) atoms. The van der Waals surface area contributed by atoms with Gasteiger partial charge in [-0.05, 0) is 59.7 Å². The quantitative estimate of drug-likeness (QED) is 0.175. The predicted octanol–water partition coefficient (Wildman–Crippen LogP) is 6.65. The average molecular weight is 470 g/mol. The maximum atomic E-state index is 10.8. The van der Waals surface area contributed by atoms with Crippen LogP contribution in [0.3, 0.4) is 0 Å². The number of hydrogen-bond donors (Lipinski definition) is 0. The highest BCUT2D eigenvalue weighted by Crippen LogP contribution is 2.29. The number of nitro benzene ring substituents is 1. The molecule has 5 nitrogen and oxygen atoms in total. The minimum Gasteiger partial charge on any atom is -0.488 e. The Morgan fingerprint density at radius 2 is 1.83 bits per heavy atom. The van der Waals surface area contributed by atoms with Gasteiger partial charge in [0.1, 0.15) is 12.4 Å². The zero-order valence-corrected chi connectivity index (χ0v) is 17.4. The van der Waals surface area contributed by atoms with Crippen molar-refractivity contribution in [1.82, 2.24) is 0 Å². The van der Waals surface area contributed by atoms with E-state index in [1.807, 2.05) is 24.3 Å². The maximum absolute atomic E-state index is 10.8. The van der Waals surface area contributed by atoms with Crippen LogP contribution >= 0.6 is 27.5 Å². The summed E-state index contributed by atoms with van der Waals surface area (Å²) >= 11 is 9.52. The van der Waals surface area contributed by atoms with Crippen LogP contribution in [-0.4, -0.2) is 4.92 Å². The summed E-state index contributed by atoms with van der Waals surface area (Å²) in [5.74, 6) is 0.553. The van der Waals surface area contributed by atoms with Gasteiger partial charge in [-0.1, -0.05) is 39.7 Å². The molecule has 0 aromatic heterocycles. The van der Waals surface area contributed by atoms with E-state index in [0.717, 1.165) is 15.6 Å². The molecule has 0 aliphatic heterocycles. The minimum atomic E-state index is -0.446. The van der Waals surface area contributed by atoms with Gasteiger partial charge in [0, 0.05) is 27.2 Å². The number of allylic oxidation sites excluding steroid dienone is 1. The molecule has 0 spiro atoms. The lowest BCUT2D eigenvalue weighted by Crippen LogP contribution is -1.98. The Kier molecular flexibility index (Phi) is 6.65. The van der Waals surface area contributed by atoms with E-state index < -0.39 is 4.92 Å². The van der Waals surface area contributed by atoms with Gasteiger partial charge in [-0.2, -0.15) is 5.26 Å². The summed E-state index contributed by atoms with van der Waals surface area (Å²) in [6, 6.07) is 21.0. The monoisotopic (exact) mass is 468 g/mol. The second-order valence-corrected chi connectivity index (χ2v) is 7.42. The first kappa shape index (κ1) is 20.6. The van der Waals surface area contributed by atoms with Crippen molar-refractivity contribution in [1.29, 1.82) is 5.26 Å². The van der Waals surface area contributed by atoms with Crippen LogP contribution in [0.2, 0.25) is 5.02 Å². The molecule has 3 aromatic rings. The fraction of sp³-hybridized carbons (Fsp3) is 0.0455. The third kappa shape index (κ3) is 5.44. The molecule has 7 heteroatoms. The fourth-order valence-electron chi connectivity index (χ4n) is 2.60. The molecule has 0 aliphatic carbocycles. The number of ether oxygens (including phenoxy) is 1. The Morgan fingerprint density at radius 1 is 1.14 bits per heavy atom. The molecule has 3 rings (SSSR count). The first-order chi connectivity index (χ1) is 14.0. The Bertz CT molecular complexity index is 1100. The van der Waals surface area contributed by atoms with Gasteiger partial charge >= 0.3 is 0 Å². The van der Waals surface area contributed by atoms with Gasteiger partial charge in [0.25, 0.3) is 5.69 Å². The number of halogens is 2. The highest BCUT2D eigenvalue weighted by molar-refractivity contribution is 9.10. The molecule has 0 N–H and O–H groups in total. The summed E-state index contributed by atoms with van der Waals surface area (Å²) in [4.78, 5) is 10.3. The zero-order valence-electron chi connectivity index (χ0n) is 15.0. The van der Waals surface area contributed by atoms with E-state index in [1.165, 1.54) is 12.1 Å². The van der Waals surface area contributed by atoms with E-state index in [2.05, 4.69) is 22.0 Å². The van der Waals surface area contributed by atoms with Crippen molar-refractivity contribution in [3.63, 3.8) is 0 Å². The van der Waals surface area contributed by atoms with E-state index in [0.29, 0.717) is 21.9 Å². The van der Waals surface area contributed by atoms with Crippen molar-refractivity contribution in [2.45, 2.75) is 6.61 Å². The van der Waals surface area contributed by atoms with Gasteiger partial charge < -0.3 is 4.74 Å². The van der Waals surface area contributed by atoms with Crippen LogP contribution in [0.5, 0.6) is 5.75 Å². The van der Waals surface area contributed by atoms with Crippen LogP contribution in [0.25, 0.3) is 11.6 Å². The third-order valence-corrected chi connectivity index (χ3v) is 4.85. The Balaban J connectivity index is 1.86. The van der Waals surface area contributed by atoms with Crippen molar-refractivity contribution < 1.29 is 9.66 Å². The standard InChI is InChI=1S/C22H14BrClN2O3/c23-19-5-3-16(4-6-19)18(13-25)11-17-12-20(24)7-10-22(17)29-14-15-1-8-21(9-2-15)26(27)28/h1-12H,14H2/b18-11+. The molecule has 0 atom stereocenters. The summed E-state index contributed by atoms with van der Waals surface area (Å²) in [5.41, 5.74) is 2.72. The molecular weight excluding hydrogens is 456 g/mol. The number of benzene rings is 3. The molecule has 3 aromatic carbocycles. The Hall–Kier alpha value is -3.14. The Morgan fingerprint density at radius 3 is 2.45 bits per heavy atom. The summed E-state index contributed by atoms with van der Waals surface area (Å²) < 4.78 is 6.81. The molecule has 0 aliphatic rings. The van der Waals surface area contributed by atoms with Gasteiger partial charge in [0.05, 0.1) is 16.6 Å². The van der Waals surface area contributed by atoms with Crippen LogP contribution < -0.4 is 4.74 Å². The van der Waals surface area contributed by atoms with Gasteiger partial charge in [-0.3, -0.25) is 10.1 Å². The number of hydrogen-bond acceptors (Lipinski definition) is 4. The summed E-state index contributed by atoms with van der Waals surface area (Å²) in [6.45, 7) is 0.223. The summed E-state index contributed by atoms with van der Waals surface area (Å²) in [5, 5.41) is 20.9. The smallest absolute Gasteiger partial charge is 0.269 e. The van der Waals surface area contributed by atoms with Crippen LogP contribution in [-0.2, 0) is 6.61 Å². The van der Waals surface area contributed by atoms with Crippen LogP contribution in [0.4, 0.5) is 5.69 Å². The molecule has 0 bridgehead atoms. The number of rotatable bonds is 6. The van der Waals surface area contributed by atoms with Crippen LogP contribution in [0.1, 0.15) is 16.7 Å². The lowest BCUT2D eigenvalue weighted by molar-refractivity contribution is -0.384. The lowest BCUT2D eigenvalue weighted by atomic mass is 10.0. The van der Waals surface area contributed by atoms with E-state index in [4.69, 9.17) is 16.3 Å². The molecule has 0 saturated heterocycles. The van der Waals surface area contributed by atoms with E-state index in [1.54, 1.807) is 36.4 Å². The summed E-state index contributed by atoms with van der Waals surface area (Å²) in [7, 11) is 0. The first-order valence-corrected chi connectivity index (χ1v) is 9.67. The molecule has 0 amide bonds. The molecule has 0 heterocycles. The zero-order chi connectivity index (χ0) is 20.8. The first-order valence-electron chi connectivity index (χ1n) is 8.49. The highest BCUT2D eigenvalue weighted by Gasteiger charge is 2.09. The molecular formula is C22H14BrClN2O3. The molecule has 0 fully saturated rings. The number of non-ortho nitro benzene ring substituents is 1. The van der Waals surface area contributed by atoms with Gasteiger partial charge in [0.2, 0.25) is 0 Å². The second kappa shape index (κ2) is 9.37. The maximum Gasteiger partial charge on any atom is 0.269 e. The fourth-order valence-corrected chi connectivity index (χ4v) is 3.05. The van der Waals surface area contributed by atoms with Gasteiger partial charge in [-0.25, -0.2) is 0 Å². The van der Waals surface area contributed by atoms with Crippen molar-refractivity contribution in [2.75, 3.05) is 0 Å². The van der Waals surface area contributed by atoms with Crippen molar-refractivity contribution in [2.24, 2.45) is 0 Å². The summed E-state index contributed by atoms with van der Waals surface area (Å²) in [6.07, 6.45) is 1.72. The molecule has 144 valence electrons. The number of nitro groups is 1. The molecule has 0 radical (unpaired) electrons. The third-order valence-electron chi connectivity index (χ3n) is 4.09. The number of nitrogens with zero attached hydrogens (tertiary/aromatic N) is 2. The predicted molar refractivity (Wildman–Crippen MR) is 117 cm³/mol. The SMILES string of the molecule is N#C/C(=C\c1cc(Cl)ccc1OCc1ccc([N+](=O)[O-])cc1)c1ccc(Br)cc1. The van der Waals surface area contributed by atoms with Crippen LogP contribution in [0.15, 0.2) is 71.2 Å². The van der Waals surface area contributed by atoms with Crippen molar-refractivity contribution >= 4 is 44.9 Å². The van der Waals surface area contributed by atoms with Crippen molar-refractivity contribution in [3.05, 3.63) is 103 Å². The highest BCUT2D eigenvalue weighted by atomic mass is 79.9. The van der Waals surface area contributed by atoms with Gasteiger partial charge in [-0.15, -0.1) is 0 Å². The topological polar surface area (TPSA) is 76.2 Å². The van der Waals surface area contributed by atoms with E-state index in [-0.39, 0.29) is 12.3 Å². The van der Waals surface area contributed by atoms with E-state index in [9.17, 15) is 15.4 Å². The average Bonchev–Trinajstić information content (AvgIpc) is 2.72. The normalized spacial score (nSPS) is 11.0. The molecule has 0 saturated carbocycles. The van der Waals surface area contributed by atoms with Crippen LogP contribution in [0, 0.1) is 21.4 Å². The molecule has 0 unspecified atom stereocenters. The Labute approximate surface area is 181 Å². The minimum absolute atomic E-state index is 0.0250. The van der Waals surface area contributed by atoms with Crippen molar-refractivity contribution in [3.8, 4) is 11.8 Å². The number of nitriles is 1.